The van der Waals surface area contributed by atoms with Crippen molar-refractivity contribution in [2.24, 2.45) is 0 Å². The van der Waals surface area contributed by atoms with Crippen molar-refractivity contribution in [3.63, 3.8) is 0 Å². The fraction of sp³-hybridized carbons (Fsp3) is 0.368. The summed E-state index contributed by atoms with van der Waals surface area (Å²) in [4.78, 5) is 51.5. The molecule has 25 heavy (non-hydrogen) atoms. The van der Waals surface area contributed by atoms with E-state index in [0.29, 0.717) is 18.5 Å². The van der Waals surface area contributed by atoms with Gasteiger partial charge in [-0.2, -0.15) is 0 Å². The fourth-order valence-corrected chi connectivity index (χ4v) is 4.14. The Morgan fingerprint density at radius 2 is 1.48 bits per heavy atom. The summed E-state index contributed by atoms with van der Waals surface area (Å²) in [5, 5.41) is 0. The van der Waals surface area contributed by atoms with Crippen molar-refractivity contribution in [2.45, 2.75) is 37.8 Å². The maximum absolute atomic E-state index is 12.6. The molecule has 0 aromatic heterocycles. The van der Waals surface area contributed by atoms with Crippen molar-refractivity contribution in [1.29, 1.82) is 0 Å². The monoisotopic (exact) mass is 338 g/mol. The quantitative estimate of drug-likeness (QED) is 0.712. The Hall–Kier alpha value is -2.76. The van der Waals surface area contributed by atoms with Gasteiger partial charge in [-0.3, -0.25) is 24.1 Å². The molecule has 1 amide bonds. The average Bonchev–Trinajstić information content (AvgIpc) is 3.11. The molecular weight excluding hydrogens is 320 g/mol. The van der Waals surface area contributed by atoms with E-state index < -0.39 is 17.4 Å². The first kappa shape index (κ1) is 15.7. The molecule has 0 aromatic rings. The first-order chi connectivity index (χ1) is 12.0. The van der Waals surface area contributed by atoms with Gasteiger partial charge in [-0.1, -0.05) is 12.2 Å². The highest BCUT2D eigenvalue weighted by molar-refractivity contribution is 6.39. The Labute approximate surface area is 145 Å². The van der Waals surface area contributed by atoms with Crippen molar-refractivity contribution in [2.75, 3.05) is 6.54 Å². The second kappa shape index (κ2) is 5.65. The van der Waals surface area contributed by atoms with Gasteiger partial charge in [0, 0.05) is 30.8 Å². The number of likely N-dealkylation sites (tertiary alicyclic amines) is 2. The smallest absolute Gasteiger partial charge is 0.296 e. The summed E-state index contributed by atoms with van der Waals surface area (Å²) in [6.45, 7) is 0.720. The third-order valence-corrected chi connectivity index (χ3v) is 5.24. The zero-order chi connectivity index (χ0) is 17.6. The third-order valence-electron chi connectivity index (χ3n) is 5.24. The molecule has 1 atom stereocenters. The van der Waals surface area contributed by atoms with Gasteiger partial charge in [0.25, 0.3) is 5.91 Å². The van der Waals surface area contributed by atoms with Crippen LogP contribution >= 0.6 is 0 Å². The zero-order valence-electron chi connectivity index (χ0n) is 13.7. The van der Waals surface area contributed by atoms with E-state index in [1.165, 1.54) is 6.08 Å². The second-order valence-corrected chi connectivity index (χ2v) is 6.74. The van der Waals surface area contributed by atoms with Crippen LogP contribution in [0.4, 0.5) is 0 Å². The number of amides is 1. The number of carbonyl (C=O) groups is 4. The minimum Gasteiger partial charge on any atom is -0.348 e. The second-order valence-electron chi connectivity index (χ2n) is 6.74. The van der Waals surface area contributed by atoms with E-state index in [-0.39, 0.29) is 24.4 Å². The molecule has 0 aromatic carbocycles. The van der Waals surface area contributed by atoms with Crippen molar-refractivity contribution in [3.05, 3.63) is 47.9 Å². The molecule has 4 aliphatic rings. The number of hydrogen-bond acceptors (Lipinski definition) is 5. The first-order valence-electron chi connectivity index (χ1n) is 8.48. The molecule has 4 rings (SSSR count). The van der Waals surface area contributed by atoms with Crippen LogP contribution in [0.2, 0.25) is 0 Å². The Balaban J connectivity index is 1.75. The summed E-state index contributed by atoms with van der Waals surface area (Å²) < 4.78 is 0. The van der Waals surface area contributed by atoms with Crippen LogP contribution in [0.15, 0.2) is 47.9 Å². The molecule has 2 heterocycles. The topological polar surface area (TPSA) is 74.8 Å². The molecular formula is C19H18N2O4. The van der Waals surface area contributed by atoms with Crippen LogP contribution < -0.4 is 0 Å². The fourth-order valence-electron chi connectivity index (χ4n) is 4.14. The zero-order valence-corrected chi connectivity index (χ0v) is 13.7. The van der Waals surface area contributed by atoms with E-state index in [9.17, 15) is 19.2 Å². The van der Waals surface area contributed by atoms with E-state index in [4.69, 9.17) is 0 Å². The number of nitrogens with zero attached hydrogens (tertiary/aromatic N) is 2. The highest BCUT2D eigenvalue weighted by atomic mass is 16.2. The molecule has 2 saturated heterocycles. The molecule has 0 bridgehead atoms. The van der Waals surface area contributed by atoms with Gasteiger partial charge in [0.05, 0.1) is 6.42 Å². The van der Waals surface area contributed by atoms with E-state index in [0.717, 1.165) is 18.7 Å². The summed E-state index contributed by atoms with van der Waals surface area (Å²) in [7, 11) is 0. The highest BCUT2D eigenvalue weighted by Crippen LogP contribution is 2.45. The van der Waals surface area contributed by atoms with Gasteiger partial charge in [-0.15, -0.1) is 0 Å². The molecule has 128 valence electrons. The lowest BCUT2D eigenvalue weighted by Gasteiger charge is -2.44. The Kier molecular flexibility index (Phi) is 3.56. The molecule has 6 nitrogen and oxygen atoms in total. The Bertz CT molecular complexity index is 817. The third kappa shape index (κ3) is 2.40. The summed E-state index contributed by atoms with van der Waals surface area (Å²) in [5.41, 5.74) is 0.751. The summed E-state index contributed by atoms with van der Waals surface area (Å²) in [5.74, 6) is -0.900. The van der Waals surface area contributed by atoms with Crippen molar-refractivity contribution >= 4 is 23.3 Å². The lowest BCUT2D eigenvalue weighted by molar-refractivity contribution is -0.140. The van der Waals surface area contributed by atoms with Crippen LogP contribution in [0.3, 0.4) is 0 Å². The number of carbonyl (C=O) groups excluding carboxylic acids is 4. The Morgan fingerprint density at radius 3 is 2.08 bits per heavy atom. The van der Waals surface area contributed by atoms with Gasteiger partial charge in [0.15, 0.2) is 11.6 Å². The lowest BCUT2D eigenvalue weighted by atomic mass is 9.99. The summed E-state index contributed by atoms with van der Waals surface area (Å²) >= 11 is 0. The molecule has 6 heteroatoms. The molecule has 2 aliphatic heterocycles. The van der Waals surface area contributed by atoms with E-state index in [1.54, 1.807) is 29.2 Å². The van der Waals surface area contributed by atoms with E-state index >= 15 is 0 Å². The lowest BCUT2D eigenvalue weighted by Crippen LogP contribution is -2.53. The van der Waals surface area contributed by atoms with Crippen LogP contribution in [0.1, 0.15) is 32.1 Å². The van der Waals surface area contributed by atoms with Gasteiger partial charge in [0.2, 0.25) is 5.78 Å². The molecule has 1 unspecified atom stereocenters. The maximum Gasteiger partial charge on any atom is 0.296 e. The van der Waals surface area contributed by atoms with Crippen LogP contribution in [0.5, 0.6) is 0 Å². The average molecular weight is 338 g/mol. The molecule has 0 N–H and O–H groups in total. The van der Waals surface area contributed by atoms with Gasteiger partial charge < -0.3 is 4.90 Å². The normalized spacial score (nSPS) is 29.1. The molecule has 0 saturated carbocycles. The van der Waals surface area contributed by atoms with Crippen LogP contribution in [0.25, 0.3) is 0 Å². The number of hydrogen-bond donors (Lipinski definition) is 0. The summed E-state index contributed by atoms with van der Waals surface area (Å²) in [6, 6.07) is 0. The Morgan fingerprint density at radius 1 is 0.840 bits per heavy atom. The number of rotatable bonds is 2. The van der Waals surface area contributed by atoms with Crippen molar-refractivity contribution < 1.29 is 19.2 Å². The van der Waals surface area contributed by atoms with E-state index in [2.05, 4.69) is 4.90 Å². The van der Waals surface area contributed by atoms with Crippen molar-refractivity contribution in [1.82, 2.24) is 9.80 Å². The van der Waals surface area contributed by atoms with Crippen molar-refractivity contribution in [3.8, 4) is 0 Å². The molecule has 0 radical (unpaired) electrons. The SMILES string of the molecule is O=C1C=CC(N2CCCC23CC(=O)C(=O)N3C2=CCC(=O)C=C2)=CC1. The van der Waals surface area contributed by atoms with Gasteiger partial charge in [-0.25, -0.2) is 0 Å². The van der Waals surface area contributed by atoms with Gasteiger partial charge >= 0.3 is 0 Å². The number of ketones is 3. The van der Waals surface area contributed by atoms with Gasteiger partial charge in [0.1, 0.15) is 5.66 Å². The maximum atomic E-state index is 12.6. The van der Waals surface area contributed by atoms with Crippen LogP contribution in [-0.2, 0) is 19.2 Å². The minimum atomic E-state index is -0.735. The minimum absolute atomic E-state index is 0.0181. The van der Waals surface area contributed by atoms with Crippen LogP contribution in [-0.4, -0.2) is 45.3 Å². The van der Waals surface area contributed by atoms with Gasteiger partial charge in [-0.05, 0) is 37.1 Å². The standard InChI is InChI=1S/C19H18N2O4/c22-15-6-2-13(3-7-15)20-11-1-10-19(20)12-17(24)18(25)21(19)14-4-8-16(23)9-5-14/h2-6,8H,1,7,9-12H2. The van der Waals surface area contributed by atoms with Crippen LogP contribution in [0, 0.1) is 0 Å². The number of Topliss-reactive ketones (excluding diaryl/α,β-unsaturated/α-hetero) is 1. The molecule has 2 fully saturated rings. The highest BCUT2D eigenvalue weighted by Gasteiger charge is 2.57. The predicted molar refractivity (Wildman–Crippen MR) is 88.8 cm³/mol. The number of allylic oxidation sites excluding steroid dienone is 6. The molecule has 1 spiro atoms. The predicted octanol–water partition coefficient (Wildman–Crippen LogP) is 1.41. The van der Waals surface area contributed by atoms with E-state index in [1.807, 2.05) is 6.08 Å². The largest absolute Gasteiger partial charge is 0.348 e. The molecule has 2 aliphatic carbocycles. The summed E-state index contributed by atoms with van der Waals surface area (Å²) in [6.07, 6.45) is 12.2. The first-order valence-corrected chi connectivity index (χ1v) is 8.48.